The van der Waals surface area contributed by atoms with Gasteiger partial charge in [0.2, 0.25) is 0 Å². The van der Waals surface area contributed by atoms with Crippen LogP contribution in [0.2, 0.25) is 0 Å². The molecule has 0 saturated carbocycles. The first-order valence-electron chi connectivity index (χ1n) is 10.8. The molecule has 0 atom stereocenters. The van der Waals surface area contributed by atoms with Gasteiger partial charge in [0.25, 0.3) is 5.91 Å². The Balaban J connectivity index is 1.75. The predicted molar refractivity (Wildman–Crippen MR) is 141 cm³/mol. The van der Waals surface area contributed by atoms with E-state index in [1.807, 2.05) is 36.4 Å². The van der Waals surface area contributed by atoms with Gasteiger partial charge >= 0.3 is 0 Å². The van der Waals surface area contributed by atoms with Crippen LogP contribution >= 0.6 is 10.0 Å². The highest BCUT2D eigenvalue weighted by Gasteiger charge is 2.36. The third kappa shape index (κ3) is 3.39. The fourth-order valence-electron chi connectivity index (χ4n) is 4.64. The molecule has 5 rings (SSSR count). The molecule has 0 radical (unpaired) electrons. The molecule has 3 aromatic carbocycles. The minimum Gasteiger partial charge on any atom is -0.397 e. The van der Waals surface area contributed by atoms with Crippen molar-refractivity contribution in [2.75, 3.05) is 23.3 Å². The van der Waals surface area contributed by atoms with Crippen molar-refractivity contribution in [3.8, 4) is 0 Å². The van der Waals surface area contributed by atoms with Gasteiger partial charge in [0.05, 0.1) is 11.4 Å². The average molecular weight is 468 g/mol. The van der Waals surface area contributed by atoms with Crippen LogP contribution in [0.3, 0.4) is 0 Å². The van der Waals surface area contributed by atoms with E-state index in [9.17, 15) is 9.59 Å². The number of hydrogen-bond acceptors (Lipinski definition) is 4. The SMILES string of the molecule is CS1(C)C2=CC(=O)C=CC2=C(c2ccccc2C(=O)N(N)c2ccccc2N)c2ccccc21. The number of nitrogens with zero attached hydrogens (tertiary/aromatic N) is 1. The summed E-state index contributed by atoms with van der Waals surface area (Å²) in [6, 6.07) is 22.7. The van der Waals surface area contributed by atoms with Crippen molar-refractivity contribution in [2.24, 2.45) is 5.84 Å². The molecule has 1 aliphatic carbocycles. The molecule has 1 amide bonds. The maximum Gasteiger partial charge on any atom is 0.273 e. The van der Waals surface area contributed by atoms with Crippen LogP contribution < -0.4 is 16.6 Å². The number of fused-ring (bicyclic) bond motifs is 2. The summed E-state index contributed by atoms with van der Waals surface area (Å²) in [5, 5.41) is 1.10. The zero-order chi connectivity index (χ0) is 24.0. The number of benzene rings is 3. The molecule has 34 heavy (non-hydrogen) atoms. The molecular weight excluding hydrogens is 442 g/mol. The van der Waals surface area contributed by atoms with Gasteiger partial charge < -0.3 is 5.73 Å². The number of carbonyl (C=O) groups excluding carboxylic acids is 2. The molecule has 0 bridgehead atoms. The normalized spacial score (nSPS) is 16.9. The first kappa shape index (κ1) is 21.9. The van der Waals surface area contributed by atoms with Crippen molar-refractivity contribution in [2.45, 2.75) is 4.90 Å². The highest BCUT2D eigenvalue weighted by atomic mass is 32.3. The number of ketones is 1. The molecule has 6 heteroatoms. The molecule has 5 nitrogen and oxygen atoms in total. The Morgan fingerprint density at radius 1 is 0.853 bits per heavy atom. The number of hydrogen-bond donors (Lipinski definition) is 2. The van der Waals surface area contributed by atoms with E-state index in [2.05, 4.69) is 24.6 Å². The minimum absolute atomic E-state index is 0.0184. The third-order valence-electron chi connectivity index (χ3n) is 6.32. The van der Waals surface area contributed by atoms with E-state index in [1.165, 1.54) is 4.90 Å². The molecule has 2 aliphatic rings. The van der Waals surface area contributed by atoms with Gasteiger partial charge in [-0.1, -0.05) is 48.5 Å². The maximum absolute atomic E-state index is 13.7. The van der Waals surface area contributed by atoms with Crippen molar-refractivity contribution in [3.63, 3.8) is 0 Å². The van der Waals surface area contributed by atoms with Gasteiger partial charge in [-0.15, -0.1) is 0 Å². The first-order chi connectivity index (χ1) is 16.3. The second-order valence-corrected chi connectivity index (χ2v) is 12.2. The topological polar surface area (TPSA) is 89.4 Å². The van der Waals surface area contributed by atoms with Gasteiger partial charge in [-0.2, -0.15) is 10.0 Å². The summed E-state index contributed by atoms with van der Waals surface area (Å²) in [6.45, 7) is 0. The molecule has 0 fully saturated rings. The van der Waals surface area contributed by atoms with Gasteiger partial charge in [0, 0.05) is 15.4 Å². The summed E-state index contributed by atoms with van der Waals surface area (Å²) in [5.74, 6) is 5.90. The molecule has 0 saturated heterocycles. The number of carbonyl (C=O) groups is 2. The maximum atomic E-state index is 13.7. The van der Waals surface area contributed by atoms with Crippen LogP contribution in [0.1, 0.15) is 21.5 Å². The Bertz CT molecular complexity index is 1450. The number of rotatable bonds is 3. The molecule has 4 N–H and O–H groups in total. The Labute approximate surface area is 200 Å². The van der Waals surface area contributed by atoms with E-state index in [-0.39, 0.29) is 11.7 Å². The van der Waals surface area contributed by atoms with Crippen LogP contribution in [0.15, 0.2) is 106 Å². The molecular formula is C28H25N3O2S. The van der Waals surface area contributed by atoms with Gasteiger partial charge in [-0.25, -0.2) is 10.9 Å². The van der Waals surface area contributed by atoms with Crippen LogP contribution in [0.5, 0.6) is 0 Å². The first-order valence-corrected chi connectivity index (χ1v) is 13.3. The van der Waals surface area contributed by atoms with Gasteiger partial charge in [-0.05, 0) is 77.3 Å². The van der Waals surface area contributed by atoms with Gasteiger partial charge in [0.1, 0.15) is 0 Å². The fourth-order valence-corrected chi connectivity index (χ4v) is 7.14. The summed E-state index contributed by atoms with van der Waals surface area (Å²) in [5.41, 5.74) is 11.1. The summed E-state index contributed by atoms with van der Waals surface area (Å²) in [4.78, 5) is 28.2. The molecule has 0 aromatic heterocycles. The molecule has 3 aromatic rings. The number of amides is 1. The van der Waals surface area contributed by atoms with Crippen LogP contribution in [-0.4, -0.2) is 24.2 Å². The summed E-state index contributed by atoms with van der Waals surface area (Å²) >= 11 is 0. The lowest BCUT2D eigenvalue weighted by atomic mass is 9.87. The second-order valence-electron chi connectivity index (χ2n) is 8.64. The second kappa shape index (κ2) is 8.17. The number of para-hydroxylation sites is 2. The lowest BCUT2D eigenvalue weighted by molar-refractivity contribution is -0.110. The summed E-state index contributed by atoms with van der Waals surface area (Å²) < 4.78 is 0. The quantitative estimate of drug-likeness (QED) is 0.244. The minimum atomic E-state index is -1.42. The third-order valence-corrected chi connectivity index (χ3v) is 9.21. The van der Waals surface area contributed by atoms with E-state index in [4.69, 9.17) is 11.6 Å². The standard InChI is InChI=1S/C28H25N3O2S/c1-34(2)25-14-8-5-11-21(25)27(22-16-15-18(32)17-26(22)34)19-9-3-4-10-20(19)28(33)31(30)24-13-7-6-12-23(24)29/h3-17H,29-30H2,1-2H3. The number of hydrazine groups is 1. The lowest BCUT2D eigenvalue weighted by Gasteiger charge is -2.43. The number of nitrogen functional groups attached to an aromatic ring is 1. The molecule has 170 valence electrons. The van der Waals surface area contributed by atoms with E-state index in [0.717, 1.165) is 32.2 Å². The molecule has 0 unspecified atom stereocenters. The van der Waals surface area contributed by atoms with Crippen molar-refractivity contribution >= 4 is 38.7 Å². The van der Waals surface area contributed by atoms with Gasteiger partial charge in [-0.3, -0.25) is 9.59 Å². The van der Waals surface area contributed by atoms with Crippen LogP contribution in [0.25, 0.3) is 5.57 Å². The zero-order valence-electron chi connectivity index (χ0n) is 19.0. The van der Waals surface area contributed by atoms with Crippen molar-refractivity contribution in [1.82, 2.24) is 0 Å². The smallest absolute Gasteiger partial charge is 0.273 e. The van der Waals surface area contributed by atoms with Crippen LogP contribution in [0, 0.1) is 0 Å². The largest absolute Gasteiger partial charge is 0.397 e. The number of nitrogens with two attached hydrogens (primary N) is 2. The summed E-state index contributed by atoms with van der Waals surface area (Å²) in [7, 11) is -1.42. The van der Waals surface area contributed by atoms with E-state index in [0.29, 0.717) is 16.9 Å². The van der Waals surface area contributed by atoms with Crippen molar-refractivity contribution < 1.29 is 9.59 Å². The number of anilines is 2. The van der Waals surface area contributed by atoms with E-state index >= 15 is 0 Å². The molecule has 1 aliphatic heterocycles. The Morgan fingerprint density at radius 2 is 1.50 bits per heavy atom. The van der Waals surface area contributed by atoms with E-state index in [1.54, 1.807) is 42.5 Å². The number of allylic oxidation sites excluding steroid dienone is 4. The predicted octanol–water partition coefficient (Wildman–Crippen LogP) is 5.05. The van der Waals surface area contributed by atoms with Gasteiger partial charge in [0.15, 0.2) is 5.78 Å². The Hall–Kier alpha value is -3.87. The average Bonchev–Trinajstić information content (AvgIpc) is 2.84. The Kier molecular flexibility index (Phi) is 5.27. The monoisotopic (exact) mass is 467 g/mol. The highest BCUT2D eigenvalue weighted by molar-refractivity contribution is 8.36. The molecule has 0 spiro atoms. The van der Waals surface area contributed by atoms with Crippen molar-refractivity contribution in [1.29, 1.82) is 0 Å². The van der Waals surface area contributed by atoms with Crippen LogP contribution in [0.4, 0.5) is 11.4 Å². The van der Waals surface area contributed by atoms with Crippen molar-refractivity contribution in [3.05, 3.63) is 118 Å². The van der Waals surface area contributed by atoms with Crippen LogP contribution in [-0.2, 0) is 4.79 Å². The zero-order valence-corrected chi connectivity index (χ0v) is 19.8. The Morgan fingerprint density at radius 3 is 2.26 bits per heavy atom. The summed E-state index contributed by atoms with van der Waals surface area (Å²) in [6.07, 6.45) is 9.63. The highest BCUT2D eigenvalue weighted by Crippen LogP contribution is 2.65. The molecule has 1 heterocycles. The fraction of sp³-hybridized carbons (Fsp3) is 0.0714. The lowest BCUT2D eigenvalue weighted by Crippen LogP contribution is -2.38. The van der Waals surface area contributed by atoms with E-state index < -0.39 is 10.0 Å².